The molecule has 4 heteroatoms. The summed E-state index contributed by atoms with van der Waals surface area (Å²) in [6.07, 6.45) is 0. The minimum atomic E-state index is 0.740. The Bertz CT molecular complexity index is 590. The maximum atomic E-state index is 6.02. The van der Waals surface area contributed by atoms with Gasteiger partial charge < -0.3 is 9.88 Å². The van der Waals surface area contributed by atoms with Crippen molar-refractivity contribution in [3.8, 4) is 0 Å². The Morgan fingerprint density at radius 2 is 2.00 bits per heavy atom. The van der Waals surface area contributed by atoms with Gasteiger partial charge in [0.15, 0.2) is 0 Å². The second kappa shape index (κ2) is 6.02. The predicted octanol–water partition coefficient (Wildman–Crippen LogP) is 5.15. The molecular formula is C15H18BrClN2. The first kappa shape index (κ1) is 14.5. The van der Waals surface area contributed by atoms with Crippen molar-refractivity contribution in [3.05, 3.63) is 50.7 Å². The van der Waals surface area contributed by atoms with Crippen molar-refractivity contribution in [2.24, 2.45) is 0 Å². The van der Waals surface area contributed by atoms with E-state index >= 15 is 0 Å². The van der Waals surface area contributed by atoms with Gasteiger partial charge in [-0.1, -0.05) is 11.6 Å². The van der Waals surface area contributed by atoms with Crippen molar-refractivity contribution in [1.29, 1.82) is 0 Å². The number of aryl methyl sites for hydroxylation is 1. The summed E-state index contributed by atoms with van der Waals surface area (Å²) < 4.78 is 3.35. The average Bonchev–Trinajstić information content (AvgIpc) is 2.65. The standard InChI is InChI=1S/C15H18BrClN2/c1-4-19-10(2)7-12(11(19)3)9-18-15-8-13(17)5-6-14(15)16/h5-8,18H,4,9H2,1-3H3. The van der Waals surface area contributed by atoms with E-state index in [0.29, 0.717) is 0 Å². The highest BCUT2D eigenvalue weighted by Gasteiger charge is 2.08. The highest BCUT2D eigenvalue weighted by molar-refractivity contribution is 9.10. The molecular weight excluding hydrogens is 324 g/mol. The Hall–Kier alpha value is -0.930. The first-order chi connectivity index (χ1) is 9.02. The van der Waals surface area contributed by atoms with Crippen molar-refractivity contribution >= 4 is 33.2 Å². The average molecular weight is 342 g/mol. The molecule has 0 saturated carbocycles. The van der Waals surface area contributed by atoms with E-state index in [1.807, 2.05) is 18.2 Å². The third-order valence-electron chi connectivity index (χ3n) is 3.39. The van der Waals surface area contributed by atoms with Crippen molar-refractivity contribution in [2.75, 3.05) is 5.32 Å². The molecule has 0 spiro atoms. The highest BCUT2D eigenvalue weighted by Crippen LogP contribution is 2.27. The zero-order valence-electron chi connectivity index (χ0n) is 11.4. The van der Waals surface area contributed by atoms with Crippen LogP contribution in [0, 0.1) is 13.8 Å². The number of nitrogens with one attached hydrogen (secondary N) is 1. The molecule has 1 aromatic heterocycles. The monoisotopic (exact) mass is 340 g/mol. The minimum absolute atomic E-state index is 0.740. The first-order valence-electron chi connectivity index (χ1n) is 6.37. The van der Waals surface area contributed by atoms with E-state index in [9.17, 15) is 0 Å². The van der Waals surface area contributed by atoms with Gasteiger partial charge >= 0.3 is 0 Å². The zero-order valence-corrected chi connectivity index (χ0v) is 13.8. The van der Waals surface area contributed by atoms with Gasteiger partial charge in [-0.3, -0.25) is 0 Å². The van der Waals surface area contributed by atoms with E-state index in [1.54, 1.807) is 0 Å². The van der Waals surface area contributed by atoms with E-state index in [1.165, 1.54) is 17.0 Å². The number of hydrogen-bond donors (Lipinski definition) is 1. The Morgan fingerprint density at radius 3 is 2.63 bits per heavy atom. The molecule has 19 heavy (non-hydrogen) atoms. The molecule has 2 rings (SSSR count). The molecule has 1 N–H and O–H groups in total. The maximum absolute atomic E-state index is 6.02. The molecule has 0 amide bonds. The second-order valence-electron chi connectivity index (χ2n) is 4.62. The summed E-state index contributed by atoms with van der Waals surface area (Å²) in [5.74, 6) is 0. The summed E-state index contributed by atoms with van der Waals surface area (Å²) in [5.41, 5.74) is 4.98. The fourth-order valence-corrected chi connectivity index (χ4v) is 2.92. The lowest BCUT2D eigenvalue weighted by atomic mass is 10.2. The Morgan fingerprint density at radius 1 is 1.26 bits per heavy atom. The summed E-state index contributed by atoms with van der Waals surface area (Å²) in [7, 11) is 0. The van der Waals surface area contributed by atoms with Gasteiger partial charge in [0.2, 0.25) is 0 Å². The number of rotatable bonds is 4. The van der Waals surface area contributed by atoms with Gasteiger partial charge in [-0.25, -0.2) is 0 Å². The molecule has 0 aliphatic heterocycles. The minimum Gasteiger partial charge on any atom is -0.380 e. The highest BCUT2D eigenvalue weighted by atomic mass is 79.9. The number of halogens is 2. The molecule has 0 aliphatic rings. The van der Waals surface area contributed by atoms with Crippen LogP contribution in [0.15, 0.2) is 28.7 Å². The second-order valence-corrected chi connectivity index (χ2v) is 5.91. The van der Waals surface area contributed by atoms with Gasteiger partial charge in [0, 0.05) is 34.0 Å². The van der Waals surface area contributed by atoms with Crippen LogP contribution in [0.25, 0.3) is 0 Å². The molecule has 102 valence electrons. The lowest BCUT2D eigenvalue weighted by molar-refractivity contribution is 0.715. The summed E-state index contributed by atoms with van der Waals surface area (Å²) in [6.45, 7) is 8.30. The van der Waals surface area contributed by atoms with Gasteiger partial charge in [0.1, 0.15) is 0 Å². The van der Waals surface area contributed by atoms with E-state index in [-0.39, 0.29) is 0 Å². The molecule has 1 heterocycles. The number of aromatic nitrogens is 1. The summed E-state index contributed by atoms with van der Waals surface area (Å²) >= 11 is 9.55. The van der Waals surface area contributed by atoms with Gasteiger partial charge in [0.05, 0.1) is 5.69 Å². The lowest BCUT2D eigenvalue weighted by Gasteiger charge is -2.10. The van der Waals surface area contributed by atoms with Gasteiger partial charge in [-0.2, -0.15) is 0 Å². The summed E-state index contributed by atoms with van der Waals surface area (Å²) in [6, 6.07) is 8.01. The van der Waals surface area contributed by atoms with Crippen LogP contribution < -0.4 is 5.32 Å². The van der Waals surface area contributed by atoms with Crippen LogP contribution in [0.4, 0.5) is 5.69 Å². The predicted molar refractivity (Wildman–Crippen MR) is 86.1 cm³/mol. The molecule has 2 aromatic rings. The van der Waals surface area contributed by atoms with Crippen molar-refractivity contribution in [1.82, 2.24) is 4.57 Å². The molecule has 2 nitrogen and oxygen atoms in total. The molecule has 0 aliphatic carbocycles. The Kier molecular flexibility index (Phi) is 4.58. The summed E-state index contributed by atoms with van der Waals surface area (Å²) in [4.78, 5) is 0. The third-order valence-corrected chi connectivity index (χ3v) is 4.32. The lowest BCUT2D eigenvalue weighted by Crippen LogP contribution is -2.03. The number of benzene rings is 1. The van der Waals surface area contributed by atoms with Gasteiger partial charge in [-0.15, -0.1) is 0 Å². The van der Waals surface area contributed by atoms with Gasteiger partial charge in [0.25, 0.3) is 0 Å². The molecule has 0 unspecified atom stereocenters. The van der Waals surface area contributed by atoms with Crippen LogP contribution in [-0.4, -0.2) is 4.57 Å². The maximum Gasteiger partial charge on any atom is 0.0502 e. The molecule has 1 aromatic carbocycles. The van der Waals surface area contributed by atoms with Crippen LogP contribution in [0.2, 0.25) is 5.02 Å². The number of nitrogens with zero attached hydrogens (tertiary/aromatic N) is 1. The van der Waals surface area contributed by atoms with Crippen LogP contribution >= 0.6 is 27.5 Å². The SMILES string of the molecule is CCn1c(C)cc(CNc2cc(Cl)ccc2Br)c1C. The molecule has 0 fully saturated rings. The molecule has 0 saturated heterocycles. The quantitative estimate of drug-likeness (QED) is 0.813. The third kappa shape index (κ3) is 3.15. The topological polar surface area (TPSA) is 17.0 Å². The number of anilines is 1. The van der Waals surface area contributed by atoms with Crippen LogP contribution in [-0.2, 0) is 13.1 Å². The van der Waals surface area contributed by atoms with E-state index < -0.39 is 0 Å². The first-order valence-corrected chi connectivity index (χ1v) is 7.54. The Balaban J connectivity index is 2.17. The van der Waals surface area contributed by atoms with Crippen molar-refractivity contribution in [2.45, 2.75) is 33.9 Å². The van der Waals surface area contributed by atoms with E-state index in [2.05, 4.69) is 52.7 Å². The van der Waals surface area contributed by atoms with Crippen molar-refractivity contribution < 1.29 is 0 Å². The van der Waals surface area contributed by atoms with Crippen LogP contribution in [0.5, 0.6) is 0 Å². The zero-order chi connectivity index (χ0) is 14.0. The fraction of sp³-hybridized carbons (Fsp3) is 0.333. The van der Waals surface area contributed by atoms with Gasteiger partial charge in [-0.05, 0) is 66.5 Å². The largest absolute Gasteiger partial charge is 0.380 e. The van der Waals surface area contributed by atoms with E-state index in [4.69, 9.17) is 11.6 Å². The van der Waals surface area contributed by atoms with Crippen molar-refractivity contribution in [3.63, 3.8) is 0 Å². The number of hydrogen-bond acceptors (Lipinski definition) is 1. The molecule has 0 atom stereocenters. The van der Waals surface area contributed by atoms with E-state index in [0.717, 1.165) is 28.3 Å². The van der Waals surface area contributed by atoms with Crippen LogP contribution in [0.1, 0.15) is 23.9 Å². The summed E-state index contributed by atoms with van der Waals surface area (Å²) in [5, 5.41) is 4.17. The Labute approximate surface area is 127 Å². The normalized spacial score (nSPS) is 10.8. The molecule has 0 bridgehead atoms. The fourth-order valence-electron chi connectivity index (χ4n) is 2.36. The molecule has 0 radical (unpaired) electrons. The van der Waals surface area contributed by atoms with Crippen LogP contribution in [0.3, 0.4) is 0 Å². The smallest absolute Gasteiger partial charge is 0.0502 e.